The SMILES string of the molecule is CC(=O)Nc1ccc(CCNC(=O)[C@@H]2C[C@H]3CC[C@H]2C3)cc1. The number of carbonyl (C=O) groups is 2. The second-order valence-corrected chi connectivity index (χ2v) is 6.70. The Morgan fingerprint density at radius 3 is 2.50 bits per heavy atom. The molecule has 3 rings (SSSR count). The van der Waals surface area contributed by atoms with E-state index in [0.717, 1.165) is 24.4 Å². The summed E-state index contributed by atoms with van der Waals surface area (Å²) in [6.07, 6.45) is 5.76. The van der Waals surface area contributed by atoms with E-state index in [4.69, 9.17) is 0 Å². The van der Waals surface area contributed by atoms with Gasteiger partial charge in [0.15, 0.2) is 0 Å². The van der Waals surface area contributed by atoms with Crippen molar-refractivity contribution in [3.63, 3.8) is 0 Å². The van der Waals surface area contributed by atoms with Crippen molar-refractivity contribution in [3.8, 4) is 0 Å². The van der Waals surface area contributed by atoms with Gasteiger partial charge in [-0.2, -0.15) is 0 Å². The molecule has 2 bridgehead atoms. The van der Waals surface area contributed by atoms with Gasteiger partial charge >= 0.3 is 0 Å². The number of benzene rings is 1. The molecule has 2 saturated carbocycles. The van der Waals surface area contributed by atoms with Crippen molar-refractivity contribution in [2.45, 2.75) is 39.0 Å². The van der Waals surface area contributed by atoms with Crippen LogP contribution in [0.25, 0.3) is 0 Å². The first-order valence-electron chi connectivity index (χ1n) is 8.26. The highest BCUT2D eigenvalue weighted by molar-refractivity contribution is 5.88. The first-order valence-corrected chi connectivity index (χ1v) is 8.26. The minimum atomic E-state index is -0.0640. The summed E-state index contributed by atoms with van der Waals surface area (Å²) in [6.45, 7) is 2.19. The van der Waals surface area contributed by atoms with Crippen LogP contribution in [0.4, 0.5) is 5.69 Å². The van der Waals surface area contributed by atoms with Crippen molar-refractivity contribution in [3.05, 3.63) is 29.8 Å². The maximum Gasteiger partial charge on any atom is 0.223 e. The summed E-state index contributed by atoms with van der Waals surface area (Å²) in [6, 6.07) is 7.78. The van der Waals surface area contributed by atoms with Crippen molar-refractivity contribution < 1.29 is 9.59 Å². The average Bonchev–Trinajstić information content (AvgIpc) is 3.11. The summed E-state index contributed by atoms with van der Waals surface area (Å²) < 4.78 is 0. The monoisotopic (exact) mass is 300 g/mol. The van der Waals surface area contributed by atoms with E-state index < -0.39 is 0 Å². The van der Waals surface area contributed by atoms with E-state index in [-0.39, 0.29) is 17.7 Å². The molecule has 0 aromatic heterocycles. The van der Waals surface area contributed by atoms with Crippen LogP contribution in [0.15, 0.2) is 24.3 Å². The number of hydrogen-bond acceptors (Lipinski definition) is 2. The van der Waals surface area contributed by atoms with Crippen LogP contribution < -0.4 is 10.6 Å². The molecule has 4 nitrogen and oxygen atoms in total. The van der Waals surface area contributed by atoms with Crippen molar-refractivity contribution in [2.24, 2.45) is 17.8 Å². The highest BCUT2D eigenvalue weighted by Gasteiger charge is 2.42. The molecule has 2 fully saturated rings. The fourth-order valence-corrected chi connectivity index (χ4v) is 3.98. The molecule has 0 unspecified atom stereocenters. The molecule has 118 valence electrons. The van der Waals surface area contributed by atoms with Crippen molar-refractivity contribution in [1.29, 1.82) is 0 Å². The minimum absolute atomic E-state index is 0.0640. The number of fused-ring (bicyclic) bond motifs is 2. The molecule has 2 N–H and O–H groups in total. The Morgan fingerprint density at radius 2 is 1.91 bits per heavy atom. The lowest BCUT2D eigenvalue weighted by Crippen LogP contribution is -2.34. The summed E-state index contributed by atoms with van der Waals surface area (Å²) in [4.78, 5) is 23.2. The van der Waals surface area contributed by atoms with Crippen molar-refractivity contribution in [2.75, 3.05) is 11.9 Å². The molecule has 0 radical (unpaired) electrons. The molecule has 0 saturated heterocycles. The maximum absolute atomic E-state index is 12.2. The third-order valence-corrected chi connectivity index (χ3v) is 5.06. The van der Waals surface area contributed by atoms with E-state index >= 15 is 0 Å². The van der Waals surface area contributed by atoms with Gasteiger partial charge in [0.1, 0.15) is 0 Å². The first kappa shape index (κ1) is 15.1. The van der Waals surface area contributed by atoms with Gasteiger partial charge < -0.3 is 10.6 Å². The van der Waals surface area contributed by atoms with Crippen molar-refractivity contribution in [1.82, 2.24) is 5.32 Å². The molecule has 0 aliphatic heterocycles. The number of carbonyl (C=O) groups excluding carboxylic acids is 2. The molecule has 2 amide bonds. The van der Waals surface area contributed by atoms with Gasteiger partial charge in [0.25, 0.3) is 0 Å². The maximum atomic E-state index is 12.2. The number of nitrogens with one attached hydrogen (secondary N) is 2. The van der Waals surface area contributed by atoms with Gasteiger partial charge in [-0.05, 0) is 55.2 Å². The Balaban J connectivity index is 1.43. The summed E-state index contributed by atoms with van der Waals surface area (Å²) in [5.41, 5.74) is 1.98. The van der Waals surface area contributed by atoms with E-state index in [0.29, 0.717) is 12.5 Å². The number of rotatable bonds is 5. The Bertz CT molecular complexity index is 553. The largest absolute Gasteiger partial charge is 0.356 e. The van der Waals surface area contributed by atoms with Gasteiger partial charge in [-0.15, -0.1) is 0 Å². The van der Waals surface area contributed by atoms with Crippen LogP contribution in [-0.4, -0.2) is 18.4 Å². The fraction of sp³-hybridized carbons (Fsp3) is 0.556. The summed E-state index contributed by atoms with van der Waals surface area (Å²) in [5, 5.41) is 5.85. The van der Waals surface area contributed by atoms with Crippen LogP contribution in [0, 0.1) is 17.8 Å². The molecule has 3 atom stereocenters. The molecule has 2 aliphatic carbocycles. The highest BCUT2D eigenvalue weighted by Crippen LogP contribution is 2.48. The van der Waals surface area contributed by atoms with E-state index in [9.17, 15) is 9.59 Å². The Morgan fingerprint density at radius 1 is 1.14 bits per heavy atom. The Hall–Kier alpha value is -1.84. The zero-order valence-corrected chi connectivity index (χ0v) is 13.1. The predicted molar refractivity (Wildman–Crippen MR) is 86.4 cm³/mol. The second kappa shape index (κ2) is 6.51. The second-order valence-electron chi connectivity index (χ2n) is 6.70. The average molecular weight is 300 g/mol. The van der Waals surface area contributed by atoms with Gasteiger partial charge in [-0.1, -0.05) is 18.6 Å². The summed E-state index contributed by atoms with van der Waals surface area (Å²) >= 11 is 0. The zero-order chi connectivity index (χ0) is 15.5. The van der Waals surface area contributed by atoms with Gasteiger partial charge in [0.2, 0.25) is 11.8 Å². The van der Waals surface area contributed by atoms with Crippen LogP contribution in [0.1, 0.15) is 38.2 Å². The third-order valence-electron chi connectivity index (χ3n) is 5.06. The quantitative estimate of drug-likeness (QED) is 0.878. The number of hydrogen-bond donors (Lipinski definition) is 2. The molecular formula is C18H24N2O2. The zero-order valence-electron chi connectivity index (χ0n) is 13.1. The lowest BCUT2D eigenvalue weighted by atomic mass is 9.88. The molecule has 2 aliphatic rings. The van der Waals surface area contributed by atoms with Gasteiger partial charge in [-0.25, -0.2) is 0 Å². The molecule has 0 spiro atoms. The van der Waals surface area contributed by atoms with E-state index in [2.05, 4.69) is 10.6 Å². The predicted octanol–water partition coefficient (Wildman–Crippen LogP) is 2.74. The highest BCUT2D eigenvalue weighted by atomic mass is 16.2. The van der Waals surface area contributed by atoms with Gasteiger partial charge in [-0.3, -0.25) is 9.59 Å². The van der Waals surface area contributed by atoms with Gasteiger partial charge in [0.05, 0.1) is 0 Å². The molecule has 4 heteroatoms. The lowest BCUT2D eigenvalue weighted by Gasteiger charge is -2.20. The fourth-order valence-electron chi connectivity index (χ4n) is 3.98. The molecule has 1 aromatic rings. The van der Waals surface area contributed by atoms with E-state index in [1.54, 1.807) is 0 Å². The molecule has 22 heavy (non-hydrogen) atoms. The lowest BCUT2D eigenvalue weighted by molar-refractivity contribution is -0.126. The van der Waals surface area contributed by atoms with Crippen LogP contribution in [0.2, 0.25) is 0 Å². The smallest absolute Gasteiger partial charge is 0.223 e. The van der Waals surface area contributed by atoms with E-state index in [1.165, 1.54) is 31.7 Å². The topological polar surface area (TPSA) is 58.2 Å². The standard InChI is InChI=1S/C18H24N2O2/c1-12(21)20-16-6-3-13(4-7-16)8-9-19-18(22)17-11-14-2-5-15(17)10-14/h3-4,6-7,14-15,17H,2,5,8-11H2,1H3,(H,19,22)(H,20,21)/t14-,15-,17+/m0/s1. The Kier molecular flexibility index (Phi) is 4.46. The first-order chi connectivity index (χ1) is 10.6. The number of anilines is 1. The van der Waals surface area contributed by atoms with Gasteiger partial charge in [0, 0.05) is 25.1 Å². The third kappa shape index (κ3) is 3.49. The Labute approximate surface area is 131 Å². The normalized spacial score (nSPS) is 26.0. The van der Waals surface area contributed by atoms with Crippen LogP contribution in [0.5, 0.6) is 0 Å². The molecule has 0 heterocycles. The van der Waals surface area contributed by atoms with Crippen molar-refractivity contribution >= 4 is 17.5 Å². The summed E-state index contributed by atoms with van der Waals surface area (Å²) in [5.74, 6) is 1.90. The van der Waals surface area contributed by atoms with Crippen LogP contribution >= 0.6 is 0 Å². The van der Waals surface area contributed by atoms with Crippen LogP contribution in [0.3, 0.4) is 0 Å². The molecular weight excluding hydrogens is 276 g/mol. The minimum Gasteiger partial charge on any atom is -0.356 e. The molecule has 1 aromatic carbocycles. The summed E-state index contributed by atoms with van der Waals surface area (Å²) in [7, 11) is 0. The van der Waals surface area contributed by atoms with Crippen LogP contribution in [-0.2, 0) is 16.0 Å². The van der Waals surface area contributed by atoms with E-state index in [1.807, 2.05) is 24.3 Å². The number of amides is 2.